The van der Waals surface area contributed by atoms with E-state index in [2.05, 4.69) is 29.2 Å². The Balaban J connectivity index is 2.36. The molecule has 0 fully saturated rings. The molecule has 18 heavy (non-hydrogen) atoms. The number of pyridine rings is 1. The van der Waals surface area contributed by atoms with Crippen molar-refractivity contribution >= 4 is 11.6 Å². The number of hydrogen-bond acceptors (Lipinski definition) is 3. The van der Waals surface area contributed by atoms with Crippen LogP contribution in [-0.4, -0.2) is 21.3 Å². The van der Waals surface area contributed by atoms with Crippen LogP contribution in [0.4, 0.5) is 0 Å². The van der Waals surface area contributed by atoms with E-state index < -0.39 is 0 Å². The summed E-state index contributed by atoms with van der Waals surface area (Å²) >= 11 is 6.22. The SMILES string of the molecule is CCNC(c1cnn(CC)c1)c1ccncc1Cl. The maximum absolute atomic E-state index is 6.22. The first-order chi connectivity index (χ1) is 8.76. The van der Waals surface area contributed by atoms with Crippen molar-refractivity contribution in [1.82, 2.24) is 20.1 Å². The fourth-order valence-corrected chi connectivity index (χ4v) is 2.16. The molecule has 0 aromatic carbocycles. The van der Waals surface area contributed by atoms with Gasteiger partial charge in [0.05, 0.1) is 17.3 Å². The summed E-state index contributed by atoms with van der Waals surface area (Å²) in [6.07, 6.45) is 7.36. The number of nitrogens with zero attached hydrogens (tertiary/aromatic N) is 3. The van der Waals surface area contributed by atoms with E-state index in [1.807, 2.05) is 23.1 Å². The Morgan fingerprint density at radius 1 is 1.39 bits per heavy atom. The molecule has 0 radical (unpaired) electrons. The van der Waals surface area contributed by atoms with Gasteiger partial charge in [0.2, 0.25) is 0 Å². The Kier molecular flexibility index (Phi) is 4.33. The van der Waals surface area contributed by atoms with Crippen LogP contribution in [0.1, 0.15) is 31.0 Å². The molecule has 96 valence electrons. The van der Waals surface area contributed by atoms with E-state index in [0.717, 1.165) is 24.2 Å². The summed E-state index contributed by atoms with van der Waals surface area (Å²) in [7, 11) is 0. The third-order valence-electron chi connectivity index (χ3n) is 2.83. The highest BCUT2D eigenvalue weighted by Gasteiger charge is 2.17. The van der Waals surface area contributed by atoms with E-state index in [1.165, 1.54) is 0 Å². The van der Waals surface area contributed by atoms with Crippen LogP contribution < -0.4 is 5.32 Å². The summed E-state index contributed by atoms with van der Waals surface area (Å²) in [6, 6.07) is 2.00. The first-order valence-corrected chi connectivity index (χ1v) is 6.49. The minimum Gasteiger partial charge on any atom is -0.306 e. The third kappa shape index (κ3) is 2.71. The van der Waals surface area contributed by atoms with Crippen LogP contribution in [0.2, 0.25) is 5.02 Å². The minimum absolute atomic E-state index is 0.0609. The number of aromatic nitrogens is 3. The average Bonchev–Trinajstić information content (AvgIpc) is 2.85. The standard InChI is InChI=1S/C13H17ClN4/c1-3-16-13(10-7-17-18(4-2)9-10)11-5-6-15-8-12(11)14/h5-9,13,16H,3-4H2,1-2H3. The monoisotopic (exact) mass is 264 g/mol. The molecule has 4 nitrogen and oxygen atoms in total. The van der Waals surface area contributed by atoms with Crippen LogP contribution in [0.5, 0.6) is 0 Å². The Hall–Kier alpha value is -1.39. The smallest absolute Gasteiger partial charge is 0.0640 e. The second-order valence-corrected chi connectivity index (χ2v) is 4.42. The predicted octanol–water partition coefficient (Wildman–Crippen LogP) is 2.65. The van der Waals surface area contributed by atoms with Crippen molar-refractivity contribution in [3.63, 3.8) is 0 Å². The van der Waals surface area contributed by atoms with Crippen molar-refractivity contribution in [2.24, 2.45) is 0 Å². The zero-order chi connectivity index (χ0) is 13.0. The molecule has 1 unspecified atom stereocenters. The van der Waals surface area contributed by atoms with Gasteiger partial charge in [0.15, 0.2) is 0 Å². The lowest BCUT2D eigenvalue weighted by Crippen LogP contribution is -2.22. The summed E-state index contributed by atoms with van der Waals surface area (Å²) in [5.41, 5.74) is 2.15. The van der Waals surface area contributed by atoms with Gasteiger partial charge in [-0.3, -0.25) is 9.67 Å². The molecule has 0 aliphatic heterocycles. The number of rotatable bonds is 5. The molecule has 0 saturated carbocycles. The lowest BCUT2D eigenvalue weighted by atomic mass is 10.0. The van der Waals surface area contributed by atoms with Gasteiger partial charge < -0.3 is 5.32 Å². The van der Waals surface area contributed by atoms with Gasteiger partial charge in [0.1, 0.15) is 0 Å². The molecule has 0 spiro atoms. The molecule has 0 aliphatic carbocycles. The first-order valence-electron chi connectivity index (χ1n) is 6.11. The zero-order valence-corrected chi connectivity index (χ0v) is 11.4. The van der Waals surface area contributed by atoms with Gasteiger partial charge in [-0.15, -0.1) is 0 Å². The Labute approximate surface area is 112 Å². The second-order valence-electron chi connectivity index (χ2n) is 4.02. The summed E-state index contributed by atoms with van der Waals surface area (Å²) < 4.78 is 1.91. The zero-order valence-electron chi connectivity index (χ0n) is 10.6. The van der Waals surface area contributed by atoms with Gasteiger partial charge in [-0.05, 0) is 25.1 Å². The van der Waals surface area contributed by atoms with Crippen LogP contribution in [0.15, 0.2) is 30.9 Å². The predicted molar refractivity (Wildman–Crippen MR) is 72.7 cm³/mol. The second kappa shape index (κ2) is 5.98. The van der Waals surface area contributed by atoms with Crippen molar-refractivity contribution in [1.29, 1.82) is 0 Å². The molecule has 2 aromatic rings. The van der Waals surface area contributed by atoms with Crippen LogP contribution in [0, 0.1) is 0 Å². The van der Waals surface area contributed by atoms with E-state index in [1.54, 1.807) is 12.4 Å². The summed E-state index contributed by atoms with van der Waals surface area (Å²) in [4.78, 5) is 4.02. The Morgan fingerprint density at radius 3 is 2.83 bits per heavy atom. The third-order valence-corrected chi connectivity index (χ3v) is 3.15. The fourth-order valence-electron chi connectivity index (χ4n) is 1.93. The summed E-state index contributed by atoms with van der Waals surface area (Å²) in [5.74, 6) is 0. The number of hydrogen-bond donors (Lipinski definition) is 1. The molecule has 1 N–H and O–H groups in total. The van der Waals surface area contributed by atoms with Gasteiger partial charge in [-0.1, -0.05) is 18.5 Å². The summed E-state index contributed by atoms with van der Waals surface area (Å²) in [5, 5.41) is 8.41. The van der Waals surface area contributed by atoms with Gasteiger partial charge >= 0.3 is 0 Å². The molecule has 2 heterocycles. The number of nitrogens with one attached hydrogen (secondary N) is 1. The van der Waals surface area contributed by atoms with Crippen molar-refractivity contribution in [2.75, 3.05) is 6.54 Å². The molecule has 2 aromatic heterocycles. The molecule has 0 saturated heterocycles. The van der Waals surface area contributed by atoms with Crippen LogP contribution in [0.3, 0.4) is 0 Å². The van der Waals surface area contributed by atoms with Crippen molar-refractivity contribution in [3.8, 4) is 0 Å². The number of halogens is 1. The van der Waals surface area contributed by atoms with Gasteiger partial charge in [0.25, 0.3) is 0 Å². The fraction of sp³-hybridized carbons (Fsp3) is 0.385. The molecule has 0 bridgehead atoms. The Bertz CT molecular complexity index is 509. The van der Waals surface area contributed by atoms with E-state index in [0.29, 0.717) is 5.02 Å². The highest BCUT2D eigenvalue weighted by molar-refractivity contribution is 6.31. The van der Waals surface area contributed by atoms with Crippen LogP contribution in [0.25, 0.3) is 0 Å². The molecule has 2 rings (SSSR count). The average molecular weight is 265 g/mol. The molecular weight excluding hydrogens is 248 g/mol. The highest BCUT2D eigenvalue weighted by atomic mass is 35.5. The largest absolute Gasteiger partial charge is 0.306 e. The van der Waals surface area contributed by atoms with E-state index in [4.69, 9.17) is 11.6 Å². The van der Waals surface area contributed by atoms with Gasteiger partial charge in [-0.2, -0.15) is 5.10 Å². The molecular formula is C13H17ClN4. The van der Waals surface area contributed by atoms with Crippen LogP contribution >= 0.6 is 11.6 Å². The van der Waals surface area contributed by atoms with E-state index in [-0.39, 0.29) is 6.04 Å². The highest BCUT2D eigenvalue weighted by Crippen LogP contribution is 2.27. The quantitative estimate of drug-likeness (QED) is 0.903. The number of aryl methyl sites for hydroxylation is 1. The van der Waals surface area contributed by atoms with Gasteiger partial charge in [-0.25, -0.2) is 0 Å². The van der Waals surface area contributed by atoms with Crippen molar-refractivity contribution in [3.05, 3.63) is 47.0 Å². The molecule has 5 heteroatoms. The van der Waals surface area contributed by atoms with Crippen LogP contribution in [-0.2, 0) is 6.54 Å². The normalized spacial score (nSPS) is 12.6. The minimum atomic E-state index is 0.0609. The summed E-state index contributed by atoms with van der Waals surface area (Å²) in [6.45, 7) is 5.87. The first kappa shape index (κ1) is 13.1. The molecule has 1 atom stereocenters. The van der Waals surface area contributed by atoms with E-state index in [9.17, 15) is 0 Å². The van der Waals surface area contributed by atoms with Gasteiger partial charge in [0, 0.05) is 30.7 Å². The Morgan fingerprint density at radius 2 is 2.22 bits per heavy atom. The maximum atomic E-state index is 6.22. The van der Waals surface area contributed by atoms with Crippen molar-refractivity contribution in [2.45, 2.75) is 26.4 Å². The molecule has 0 amide bonds. The maximum Gasteiger partial charge on any atom is 0.0640 e. The van der Waals surface area contributed by atoms with E-state index >= 15 is 0 Å². The lowest BCUT2D eigenvalue weighted by molar-refractivity contribution is 0.625. The topological polar surface area (TPSA) is 42.7 Å². The lowest BCUT2D eigenvalue weighted by Gasteiger charge is -2.17. The molecule has 0 aliphatic rings. The van der Waals surface area contributed by atoms with Crippen molar-refractivity contribution < 1.29 is 0 Å².